The zero-order chi connectivity index (χ0) is 13.8. The van der Waals surface area contributed by atoms with Crippen LogP contribution in [0.1, 0.15) is 6.42 Å². The van der Waals surface area contributed by atoms with Crippen LogP contribution in [0.2, 0.25) is 0 Å². The number of nitrogens with zero attached hydrogens (tertiary/aromatic N) is 1. The van der Waals surface area contributed by atoms with Crippen molar-refractivity contribution in [3.05, 3.63) is 0 Å². The Balaban J connectivity index is 1.82. The topological polar surface area (TPSA) is 78.9 Å². The van der Waals surface area contributed by atoms with Crippen LogP contribution in [0.5, 0.6) is 0 Å². The molecule has 2 aliphatic heterocycles. The molecule has 0 saturated carbocycles. The van der Waals surface area contributed by atoms with Gasteiger partial charge in [0.1, 0.15) is 5.92 Å². The summed E-state index contributed by atoms with van der Waals surface area (Å²) >= 11 is 1.91. The molecule has 2 amide bonds. The average molecular weight is 288 g/mol. The summed E-state index contributed by atoms with van der Waals surface area (Å²) in [6.07, 6.45) is 1.14. The second-order valence-electron chi connectivity index (χ2n) is 5.08. The van der Waals surface area contributed by atoms with E-state index in [0.29, 0.717) is 19.1 Å². The predicted molar refractivity (Wildman–Crippen MR) is 72.3 cm³/mol. The Morgan fingerprint density at radius 1 is 1.47 bits per heavy atom. The van der Waals surface area contributed by atoms with Crippen molar-refractivity contribution in [3.63, 3.8) is 0 Å². The zero-order valence-corrected chi connectivity index (χ0v) is 11.8. The van der Waals surface area contributed by atoms with Crippen LogP contribution in [0, 0.1) is 11.8 Å². The lowest BCUT2D eigenvalue weighted by molar-refractivity contribution is -0.142. The van der Waals surface area contributed by atoms with Gasteiger partial charge in [-0.2, -0.15) is 11.8 Å². The fourth-order valence-corrected chi connectivity index (χ4v) is 3.70. The summed E-state index contributed by atoms with van der Waals surface area (Å²) in [4.78, 5) is 24.5. The molecule has 6 nitrogen and oxygen atoms in total. The van der Waals surface area contributed by atoms with E-state index in [1.54, 1.807) is 7.05 Å². The summed E-state index contributed by atoms with van der Waals surface area (Å²) in [6.45, 7) is 1.14. The molecule has 2 rings (SSSR count). The maximum absolute atomic E-state index is 12.0. The van der Waals surface area contributed by atoms with Crippen LogP contribution in [0.15, 0.2) is 0 Å². The first-order valence-electron chi connectivity index (χ1n) is 6.48. The molecule has 19 heavy (non-hydrogen) atoms. The number of carbonyl (C=O) groups excluding carboxylic acids is 1. The zero-order valence-electron chi connectivity index (χ0n) is 11.0. The molecule has 108 valence electrons. The third kappa shape index (κ3) is 3.54. The Bertz CT molecular complexity index is 347. The first kappa shape index (κ1) is 14.5. The van der Waals surface area contributed by atoms with Gasteiger partial charge in [-0.15, -0.1) is 0 Å². The number of hydrogen-bond donors (Lipinski definition) is 2. The molecule has 2 fully saturated rings. The van der Waals surface area contributed by atoms with E-state index < -0.39 is 11.9 Å². The van der Waals surface area contributed by atoms with Crippen LogP contribution >= 0.6 is 11.8 Å². The SMILES string of the molecule is CN(C(=O)NCC1CCSC1)C1COCC1C(=O)O. The first-order chi connectivity index (χ1) is 9.09. The van der Waals surface area contributed by atoms with E-state index in [9.17, 15) is 9.59 Å². The van der Waals surface area contributed by atoms with Crippen molar-refractivity contribution in [3.8, 4) is 0 Å². The fraction of sp³-hybridized carbons (Fsp3) is 0.833. The van der Waals surface area contributed by atoms with Gasteiger partial charge in [0.2, 0.25) is 0 Å². The van der Waals surface area contributed by atoms with Crippen molar-refractivity contribution in [1.29, 1.82) is 0 Å². The molecule has 7 heteroatoms. The van der Waals surface area contributed by atoms with Crippen molar-refractivity contribution in [2.75, 3.05) is 38.3 Å². The second kappa shape index (κ2) is 6.47. The highest BCUT2D eigenvalue weighted by atomic mass is 32.2. The number of ether oxygens (including phenoxy) is 1. The molecular formula is C12H20N2O4S. The van der Waals surface area contributed by atoms with Crippen LogP contribution in [0.4, 0.5) is 4.79 Å². The average Bonchev–Trinajstić information content (AvgIpc) is 3.05. The van der Waals surface area contributed by atoms with Crippen LogP contribution < -0.4 is 5.32 Å². The van der Waals surface area contributed by atoms with Crippen molar-refractivity contribution >= 4 is 23.8 Å². The number of rotatable bonds is 4. The number of carbonyl (C=O) groups is 2. The van der Waals surface area contributed by atoms with E-state index in [1.807, 2.05) is 11.8 Å². The first-order valence-corrected chi connectivity index (χ1v) is 7.64. The van der Waals surface area contributed by atoms with Gasteiger partial charge < -0.3 is 20.1 Å². The molecular weight excluding hydrogens is 268 g/mol. The minimum atomic E-state index is -0.908. The van der Waals surface area contributed by atoms with Crippen LogP contribution in [-0.2, 0) is 9.53 Å². The molecule has 0 aromatic rings. The lowest BCUT2D eigenvalue weighted by Gasteiger charge is -2.27. The normalized spacial score (nSPS) is 30.3. The summed E-state index contributed by atoms with van der Waals surface area (Å²) in [5.41, 5.74) is 0. The number of carboxylic acid groups (broad SMARTS) is 1. The van der Waals surface area contributed by atoms with Crippen molar-refractivity contribution < 1.29 is 19.4 Å². The van der Waals surface area contributed by atoms with Crippen LogP contribution in [-0.4, -0.2) is 66.4 Å². The molecule has 3 unspecified atom stereocenters. The molecule has 2 saturated heterocycles. The van der Waals surface area contributed by atoms with Crippen molar-refractivity contribution in [1.82, 2.24) is 10.2 Å². The lowest BCUT2D eigenvalue weighted by atomic mass is 10.0. The van der Waals surface area contributed by atoms with E-state index in [-0.39, 0.29) is 18.7 Å². The fourth-order valence-electron chi connectivity index (χ4n) is 2.41. The standard InChI is InChI=1S/C12H20N2O4S/c1-14(10-6-18-5-9(10)11(15)16)12(17)13-4-8-2-3-19-7-8/h8-10H,2-7H2,1H3,(H,13,17)(H,15,16). The van der Waals surface area contributed by atoms with E-state index in [0.717, 1.165) is 17.9 Å². The number of thioether (sulfide) groups is 1. The Morgan fingerprint density at radius 2 is 2.26 bits per heavy atom. The molecule has 0 radical (unpaired) electrons. The number of likely N-dealkylation sites (N-methyl/N-ethyl adjacent to an activating group) is 1. The molecule has 2 heterocycles. The van der Waals surface area contributed by atoms with Crippen LogP contribution in [0.25, 0.3) is 0 Å². The molecule has 0 aliphatic carbocycles. The number of hydrogen-bond acceptors (Lipinski definition) is 4. The van der Waals surface area contributed by atoms with Gasteiger partial charge in [0.25, 0.3) is 0 Å². The molecule has 3 atom stereocenters. The smallest absolute Gasteiger partial charge is 0.317 e. The Morgan fingerprint density at radius 3 is 2.89 bits per heavy atom. The van der Waals surface area contributed by atoms with Gasteiger partial charge in [-0.1, -0.05) is 0 Å². The Labute approximate surface area is 116 Å². The summed E-state index contributed by atoms with van der Waals surface area (Å²) in [6, 6.07) is -0.589. The van der Waals surface area contributed by atoms with Gasteiger partial charge in [0.05, 0.1) is 19.3 Å². The molecule has 0 bridgehead atoms. The summed E-state index contributed by atoms with van der Waals surface area (Å²) in [5.74, 6) is 1.26. The number of amides is 2. The quantitative estimate of drug-likeness (QED) is 0.786. The maximum atomic E-state index is 12.0. The summed E-state index contributed by atoms with van der Waals surface area (Å²) < 4.78 is 5.17. The van der Waals surface area contributed by atoms with E-state index in [1.165, 1.54) is 4.90 Å². The summed E-state index contributed by atoms with van der Waals surface area (Å²) in [7, 11) is 1.63. The van der Waals surface area contributed by atoms with E-state index in [4.69, 9.17) is 9.84 Å². The van der Waals surface area contributed by atoms with Gasteiger partial charge in [0, 0.05) is 13.6 Å². The number of carboxylic acids is 1. The molecule has 0 aromatic heterocycles. The maximum Gasteiger partial charge on any atom is 0.317 e. The Hall–Kier alpha value is -0.950. The molecule has 2 aliphatic rings. The van der Waals surface area contributed by atoms with Gasteiger partial charge in [0.15, 0.2) is 0 Å². The molecule has 2 N–H and O–H groups in total. The molecule has 0 spiro atoms. The van der Waals surface area contributed by atoms with Crippen LogP contribution in [0.3, 0.4) is 0 Å². The summed E-state index contributed by atoms with van der Waals surface area (Å²) in [5, 5.41) is 12.0. The van der Waals surface area contributed by atoms with E-state index >= 15 is 0 Å². The third-order valence-electron chi connectivity index (χ3n) is 3.75. The largest absolute Gasteiger partial charge is 0.481 e. The van der Waals surface area contributed by atoms with E-state index in [2.05, 4.69) is 5.32 Å². The van der Waals surface area contributed by atoms with Crippen molar-refractivity contribution in [2.24, 2.45) is 11.8 Å². The minimum absolute atomic E-state index is 0.177. The highest BCUT2D eigenvalue weighted by molar-refractivity contribution is 7.99. The van der Waals surface area contributed by atoms with Crippen molar-refractivity contribution in [2.45, 2.75) is 12.5 Å². The van der Waals surface area contributed by atoms with Gasteiger partial charge in [-0.05, 0) is 23.8 Å². The van der Waals surface area contributed by atoms with Gasteiger partial charge in [-0.3, -0.25) is 4.79 Å². The number of urea groups is 1. The minimum Gasteiger partial charge on any atom is -0.481 e. The third-order valence-corrected chi connectivity index (χ3v) is 4.98. The predicted octanol–water partition coefficient (Wildman–Crippen LogP) is 0.480. The van der Waals surface area contributed by atoms with Gasteiger partial charge >= 0.3 is 12.0 Å². The molecule has 0 aromatic carbocycles. The van der Waals surface area contributed by atoms with Gasteiger partial charge in [-0.25, -0.2) is 4.79 Å². The Kier molecular flexibility index (Phi) is 4.93. The second-order valence-corrected chi connectivity index (χ2v) is 6.23. The highest BCUT2D eigenvalue weighted by Gasteiger charge is 2.38. The monoisotopic (exact) mass is 288 g/mol. The highest BCUT2D eigenvalue weighted by Crippen LogP contribution is 2.23. The number of nitrogens with one attached hydrogen (secondary N) is 1. The number of aliphatic carboxylic acids is 1. The lowest BCUT2D eigenvalue weighted by Crippen LogP contribution is -2.49.